The van der Waals surface area contributed by atoms with Crippen LogP contribution < -0.4 is 4.90 Å². The van der Waals surface area contributed by atoms with Crippen LogP contribution in [0.25, 0.3) is 5.76 Å². The molecule has 4 nitrogen and oxygen atoms in total. The van der Waals surface area contributed by atoms with Gasteiger partial charge in [0.05, 0.1) is 5.69 Å². The molecule has 0 fully saturated rings. The van der Waals surface area contributed by atoms with Gasteiger partial charge in [-0.25, -0.2) is 4.39 Å². The van der Waals surface area contributed by atoms with Crippen molar-refractivity contribution in [3.05, 3.63) is 116 Å². The van der Waals surface area contributed by atoms with E-state index in [2.05, 4.69) is 0 Å². The first kappa shape index (κ1) is 26.2. The molecule has 2 aliphatic rings. The summed E-state index contributed by atoms with van der Waals surface area (Å²) in [5.74, 6) is -1.36. The van der Waals surface area contributed by atoms with E-state index in [1.54, 1.807) is 47.4 Å². The maximum atomic E-state index is 13.9. The molecular formula is C31H27Cl2FN2O2. The Morgan fingerprint density at radius 1 is 1.00 bits per heavy atom. The molecule has 1 atom stereocenters. The third-order valence-electron chi connectivity index (χ3n) is 7.11. The summed E-state index contributed by atoms with van der Waals surface area (Å²) < 4.78 is 13.9. The molecule has 2 N–H and O–H groups in total. The van der Waals surface area contributed by atoms with Crippen LogP contribution in [-0.2, 0) is 4.79 Å². The highest BCUT2D eigenvalue weighted by atomic mass is 35.5. The minimum atomic E-state index is -0.756. The van der Waals surface area contributed by atoms with Gasteiger partial charge in [0.1, 0.15) is 17.4 Å². The van der Waals surface area contributed by atoms with Crippen LogP contribution in [0.1, 0.15) is 49.3 Å². The Bertz CT molecular complexity index is 1500. The second-order valence-corrected chi connectivity index (χ2v) is 11.6. The zero-order valence-electron chi connectivity index (χ0n) is 21.3. The number of ketones is 1. The Hall–Kier alpha value is -3.41. The number of halogens is 3. The molecule has 0 amide bonds. The van der Waals surface area contributed by atoms with Crippen molar-refractivity contribution in [2.45, 2.75) is 39.5 Å². The largest absolute Gasteiger partial charge is 0.507 e. The number of allylic oxidation sites excluding steroid dienone is 2. The Morgan fingerprint density at radius 2 is 1.61 bits per heavy atom. The van der Waals surface area contributed by atoms with Crippen LogP contribution in [0.15, 0.2) is 83.6 Å². The molecule has 194 valence electrons. The monoisotopic (exact) mass is 548 g/mol. The van der Waals surface area contributed by atoms with E-state index in [9.17, 15) is 19.7 Å². The standard InChI is InChI=1S/C31H27Cl2FN2O2/c1-17-4-6-19(7-5-17)29(38)28-26(18-8-10-22(34)11-9-18)27-24(15-31(2,3)16-25(27)37)36(30(28)35)23-13-20(32)12-21(33)14-23/h4-14,26,35,38H,15-16H2,1-3H3/b29-28+,35-30?. The highest BCUT2D eigenvalue weighted by Gasteiger charge is 2.46. The molecule has 1 aliphatic carbocycles. The first-order valence-electron chi connectivity index (χ1n) is 12.3. The van der Waals surface area contributed by atoms with E-state index in [4.69, 9.17) is 23.2 Å². The fourth-order valence-corrected chi connectivity index (χ4v) is 5.94. The fourth-order valence-electron chi connectivity index (χ4n) is 5.42. The van der Waals surface area contributed by atoms with Gasteiger partial charge in [0, 0.05) is 44.8 Å². The number of carbonyl (C=O) groups is 1. The zero-order valence-corrected chi connectivity index (χ0v) is 22.8. The fraction of sp³-hybridized carbons (Fsp3) is 0.226. The van der Waals surface area contributed by atoms with E-state index in [0.717, 1.165) is 5.56 Å². The molecule has 0 saturated carbocycles. The molecule has 5 rings (SSSR count). The van der Waals surface area contributed by atoms with Gasteiger partial charge in [0.15, 0.2) is 5.78 Å². The third-order valence-corrected chi connectivity index (χ3v) is 7.55. The molecule has 1 unspecified atom stereocenters. The SMILES string of the molecule is Cc1ccc(/C(O)=C2\C(=N)N(c3cc(Cl)cc(Cl)c3)C3=C(C(=O)CC(C)(C)C3)C2c2ccc(F)cc2)cc1. The third kappa shape index (κ3) is 4.77. The molecular weight excluding hydrogens is 522 g/mol. The Morgan fingerprint density at radius 3 is 2.21 bits per heavy atom. The van der Waals surface area contributed by atoms with Crippen molar-refractivity contribution in [3.63, 3.8) is 0 Å². The summed E-state index contributed by atoms with van der Waals surface area (Å²) in [6.07, 6.45) is 0.816. The first-order valence-corrected chi connectivity index (χ1v) is 13.1. The highest BCUT2D eigenvalue weighted by molar-refractivity contribution is 6.35. The van der Waals surface area contributed by atoms with Gasteiger partial charge in [0.25, 0.3) is 0 Å². The van der Waals surface area contributed by atoms with E-state index in [0.29, 0.717) is 51.0 Å². The highest BCUT2D eigenvalue weighted by Crippen LogP contribution is 2.51. The number of amidine groups is 1. The summed E-state index contributed by atoms with van der Waals surface area (Å²) in [6, 6.07) is 18.2. The Balaban J connectivity index is 1.86. The average molecular weight is 549 g/mol. The number of Topliss-reactive ketones (excluding diaryl/α,β-unsaturated/α-hetero) is 1. The van der Waals surface area contributed by atoms with Gasteiger partial charge in [-0.1, -0.05) is 79.0 Å². The van der Waals surface area contributed by atoms with Crippen molar-refractivity contribution in [1.29, 1.82) is 5.41 Å². The van der Waals surface area contributed by atoms with Gasteiger partial charge in [0.2, 0.25) is 0 Å². The van der Waals surface area contributed by atoms with E-state index in [1.165, 1.54) is 12.1 Å². The number of hydrogen-bond donors (Lipinski definition) is 2. The lowest BCUT2D eigenvalue weighted by Crippen LogP contribution is -2.45. The lowest BCUT2D eigenvalue weighted by Gasteiger charge is -2.45. The second-order valence-electron chi connectivity index (χ2n) is 10.7. The van der Waals surface area contributed by atoms with E-state index in [-0.39, 0.29) is 28.4 Å². The molecule has 3 aromatic rings. The second kappa shape index (κ2) is 9.72. The number of hydrogen-bond acceptors (Lipinski definition) is 3. The van der Waals surface area contributed by atoms with Crippen molar-refractivity contribution in [1.82, 2.24) is 0 Å². The summed E-state index contributed by atoms with van der Waals surface area (Å²) >= 11 is 12.7. The smallest absolute Gasteiger partial charge is 0.162 e. The molecule has 1 aliphatic heterocycles. The number of aryl methyl sites for hydroxylation is 1. The van der Waals surface area contributed by atoms with Gasteiger partial charge in [-0.2, -0.15) is 0 Å². The van der Waals surface area contributed by atoms with Crippen LogP contribution in [0.3, 0.4) is 0 Å². The van der Waals surface area contributed by atoms with Crippen molar-refractivity contribution in [2.24, 2.45) is 5.41 Å². The number of rotatable bonds is 3. The molecule has 7 heteroatoms. The van der Waals surface area contributed by atoms with Crippen LogP contribution in [0, 0.1) is 23.6 Å². The number of aliphatic hydroxyl groups is 1. The molecule has 0 aromatic heterocycles. The normalized spacial score (nSPS) is 20.5. The molecule has 38 heavy (non-hydrogen) atoms. The summed E-state index contributed by atoms with van der Waals surface area (Å²) in [4.78, 5) is 15.5. The minimum Gasteiger partial charge on any atom is -0.507 e. The number of benzene rings is 3. The van der Waals surface area contributed by atoms with E-state index in [1.807, 2.05) is 32.9 Å². The van der Waals surface area contributed by atoms with E-state index < -0.39 is 11.7 Å². The maximum absolute atomic E-state index is 13.9. The summed E-state index contributed by atoms with van der Waals surface area (Å²) in [7, 11) is 0. The van der Waals surface area contributed by atoms with Crippen molar-refractivity contribution >= 4 is 46.3 Å². The Labute approximate surface area is 231 Å². The molecule has 3 aromatic carbocycles. The number of anilines is 1. The van der Waals surface area contributed by atoms with Crippen LogP contribution in [0.5, 0.6) is 0 Å². The maximum Gasteiger partial charge on any atom is 0.162 e. The minimum absolute atomic E-state index is 0.0000154. The number of carbonyl (C=O) groups excluding carboxylic acids is 1. The number of aliphatic hydroxyl groups excluding tert-OH is 1. The van der Waals surface area contributed by atoms with Crippen LogP contribution in [0.4, 0.5) is 10.1 Å². The first-order chi connectivity index (χ1) is 17.9. The summed E-state index contributed by atoms with van der Waals surface area (Å²) in [5, 5.41) is 21.9. The van der Waals surface area contributed by atoms with Gasteiger partial charge < -0.3 is 5.11 Å². The van der Waals surface area contributed by atoms with Crippen molar-refractivity contribution < 1.29 is 14.3 Å². The molecule has 1 heterocycles. The van der Waals surface area contributed by atoms with Gasteiger partial charge >= 0.3 is 0 Å². The van der Waals surface area contributed by atoms with Crippen LogP contribution in [-0.4, -0.2) is 16.7 Å². The molecule has 0 spiro atoms. The lowest BCUT2D eigenvalue weighted by molar-refractivity contribution is -0.118. The van der Waals surface area contributed by atoms with Crippen molar-refractivity contribution in [3.8, 4) is 0 Å². The zero-order chi connectivity index (χ0) is 27.4. The van der Waals surface area contributed by atoms with Gasteiger partial charge in [-0.05, 0) is 54.7 Å². The number of nitrogens with zero attached hydrogens (tertiary/aromatic N) is 1. The summed E-state index contributed by atoms with van der Waals surface area (Å²) in [6.45, 7) is 5.98. The molecule has 0 saturated heterocycles. The predicted octanol–water partition coefficient (Wildman–Crippen LogP) is 8.63. The quantitative estimate of drug-likeness (QED) is 0.322. The van der Waals surface area contributed by atoms with Gasteiger partial charge in [-0.3, -0.25) is 15.1 Å². The lowest BCUT2D eigenvalue weighted by atomic mass is 9.67. The van der Waals surface area contributed by atoms with Crippen LogP contribution in [0.2, 0.25) is 10.0 Å². The van der Waals surface area contributed by atoms with Gasteiger partial charge in [-0.15, -0.1) is 0 Å². The topological polar surface area (TPSA) is 64.4 Å². The van der Waals surface area contributed by atoms with Crippen molar-refractivity contribution in [2.75, 3.05) is 4.90 Å². The van der Waals surface area contributed by atoms with Crippen LogP contribution >= 0.6 is 23.2 Å². The number of nitrogens with one attached hydrogen (secondary N) is 1. The average Bonchev–Trinajstić information content (AvgIpc) is 2.82. The summed E-state index contributed by atoms with van der Waals surface area (Å²) in [5.41, 5.74) is 3.71. The Kier molecular flexibility index (Phi) is 6.70. The van der Waals surface area contributed by atoms with E-state index >= 15 is 0 Å². The molecule has 0 radical (unpaired) electrons. The predicted molar refractivity (Wildman–Crippen MR) is 152 cm³/mol. The molecule has 0 bridgehead atoms.